The van der Waals surface area contributed by atoms with Gasteiger partial charge >= 0.3 is 5.97 Å². The van der Waals surface area contributed by atoms with Crippen LogP contribution in [0, 0.1) is 6.92 Å². The van der Waals surface area contributed by atoms with Gasteiger partial charge in [0.05, 0.1) is 19.9 Å². The highest BCUT2D eigenvalue weighted by molar-refractivity contribution is 7.89. The molecule has 0 bridgehead atoms. The molecule has 1 aromatic heterocycles. The molecule has 1 N–H and O–H groups in total. The van der Waals surface area contributed by atoms with Crippen LogP contribution in [0.2, 0.25) is 0 Å². The maximum atomic E-state index is 12.6. The summed E-state index contributed by atoms with van der Waals surface area (Å²) in [6, 6.07) is 8.35. The van der Waals surface area contributed by atoms with Gasteiger partial charge in [-0.15, -0.1) is 0 Å². The second-order valence-electron chi connectivity index (χ2n) is 6.21. The fourth-order valence-electron chi connectivity index (χ4n) is 2.46. The SMILES string of the molecule is [2H]c1cc(C[C@H](NC(=O)CN(C)S(=O)(=O)c2ccc(C)cc2)C(=O)OC)ccn1. The second kappa shape index (κ2) is 9.43. The van der Waals surface area contributed by atoms with Gasteiger partial charge in [0.15, 0.2) is 0 Å². The highest BCUT2D eigenvalue weighted by atomic mass is 32.2. The Kier molecular flexibility index (Phi) is 6.72. The first kappa shape index (κ1) is 20.0. The Bertz CT molecular complexity index is 980. The van der Waals surface area contributed by atoms with Crippen molar-refractivity contribution in [3.63, 3.8) is 0 Å². The van der Waals surface area contributed by atoms with E-state index in [0.29, 0.717) is 5.56 Å². The molecular formula is C19H23N3O5S. The van der Waals surface area contributed by atoms with E-state index < -0.39 is 34.5 Å². The van der Waals surface area contributed by atoms with Crippen molar-refractivity contribution in [2.45, 2.75) is 24.3 Å². The molecule has 9 heteroatoms. The summed E-state index contributed by atoms with van der Waals surface area (Å²) in [4.78, 5) is 28.3. The van der Waals surface area contributed by atoms with Crippen molar-refractivity contribution in [2.24, 2.45) is 0 Å². The Morgan fingerprint density at radius 2 is 1.93 bits per heavy atom. The summed E-state index contributed by atoms with van der Waals surface area (Å²) >= 11 is 0. The summed E-state index contributed by atoms with van der Waals surface area (Å²) in [5.41, 5.74) is 1.53. The van der Waals surface area contributed by atoms with Crippen molar-refractivity contribution in [2.75, 3.05) is 20.7 Å². The Morgan fingerprint density at radius 1 is 1.25 bits per heavy atom. The Labute approximate surface area is 166 Å². The van der Waals surface area contributed by atoms with E-state index in [4.69, 9.17) is 6.11 Å². The maximum absolute atomic E-state index is 12.6. The normalized spacial score (nSPS) is 12.9. The van der Waals surface area contributed by atoms with Gasteiger partial charge in [-0.1, -0.05) is 17.7 Å². The third-order valence-electron chi connectivity index (χ3n) is 4.04. The molecular weight excluding hydrogens is 382 g/mol. The fourth-order valence-corrected chi connectivity index (χ4v) is 3.59. The lowest BCUT2D eigenvalue weighted by molar-refractivity contribution is -0.145. The number of benzene rings is 1. The largest absolute Gasteiger partial charge is 0.467 e. The van der Waals surface area contributed by atoms with Gasteiger partial charge in [0.1, 0.15) is 6.04 Å². The molecule has 2 aromatic rings. The summed E-state index contributed by atoms with van der Waals surface area (Å²) in [5.74, 6) is -1.33. The minimum absolute atomic E-state index is 0.0290. The number of hydrogen-bond acceptors (Lipinski definition) is 6. The van der Waals surface area contributed by atoms with Crippen LogP contribution in [-0.2, 0) is 30.8 Å². The molecule has 0 spiro atoms. The minimum Gasteiger partial charge on any atom is -0.467 e. The lowest BCUT2D eigenvalue weighted by Crippen LogP contribution is -2.47. The Hall–Kier alpha value is -2.78. The topological polar surface area (TPSA) is 106 Å². The van der Waals surface area contributed by atoms with Crippen LogP contribution in [-0.4, -0.2) is 56.3 Å². The number of nitrogens with zero attached hydrogens (tertiary/aromatic N) is 2. The van der Waals surface area contributed by atoms with Gasteiger partial charge in [-0.2, -0.15) is 4.31 Å². The fraction of sp³-hybridized carbons (Fsp3) is 0.316. The quantitative estimate of drug-likeness (QED) is 0.654. The summed E-state index contributed by atoms with van der Waals surface area (Å²) in [7, 11) is -1.37. The minimum atomic E-state index is -3.85. The molecule has 0 radical (unpaired) electrons. The summed E-state index contributed by atoms with van der Waals surface area (Å²) in [6.45, 7) is 1.37. The zero-order valence-electron chi connectivity index (χ0n) is 16.9. The molecule has 0 fully saturated rings. The van der Waals surface area contributed by atoms with E-state index >= 15 is 0 Å². The average Bonchev–Trinajstić information content (AvgIpc) is 2.67. The van der Waals surface area contributed by atoms with Crippen molar-refractivity contribution in [3.8, 4) is 0 Å². The smallest absolute Gasteiger partial charge is 0.328 e. The molecule has 0 aliphatic heterocycles. The van der Waals surface area contributed by atoms with E-state index in [1.54, 1.807) is 18.2 Å². The number of aryl methyl sites for hydroxylation is 1. The molecule has 0 aliphatic carbocycles. The van der Waals surface area contributed by atoms with Crippen molar-refractivity contribution in [3.05, 3.63) is 59.9 Å². The van der Waals surface area contributed by atoms with E-state index in [2.05, 4.69) is 10.3 Å². The molecule has 8 nitrogen and oxygen atoms in total. The number of pyridine rings is 1. The van der Waals surface area contributed by atoms with Crippen molar-refractivity contribution < 1.29 is 24.1 Å². The Morgan fingerprint density at radius 3 is 2.54 bits per heavy atom. The predicted molar refractivity (Wildman–Crippen MR) is 103 cm³/mol. The highest BCUT2D eigenvalue weighted by Gasteiger charge is 2.26. The van der Waals surface area contributed by atoms with Crippen LogP contribution in [0.5, 0.6) is 0 Å². The number of hydrogen-bond donors (Lipinski definition) is 1. The molecule has 2 rings (SSSR count). The molecule has 150 valence electrons. The van der Waals surface area contributed by atoms with E-state index in [0.717, 1.165) is 9.87 Å². The molecule has 1 amide bonds. The predicted octanol–water partition coefficient (Wildman–Crippen LogP) is 0.911. The van der Waals surface area contributed by atoms with E-state index in [1.807, 2.05) is 6.92 Å². The number of carbonyl (C=O) groups is 2. The number of carbonyl (C=O) groups excluding carboxylic acids is 2. The first-order chi connectivity index (χ1) is 13.6. The number of nitrogens with one attached hydrogen (secondary N) is 1. The third-order valence-corrected chi connectivity index (χ3v) is 5.86. The van der Waals surface area contributed by atoms with Gasteiger partial charge < -0.3 is 10.1 Å². The maximum Gasteiger partial charge on any atom is 0.328 e. The lowest BCUT2D eigenvalue weighted by atomic mass is 10.1. The average molecular weight is 406 g/mol. The van der Waals surface area contributed by atoms with Crippen LogP contribution < -0.4 is 5.32 Å². The van der Waals surface area contributed by atoms with Crippen molar-refractivity contribution in [1.82, 2.24) is 14.6 Å². The van der Waals surface area contributed by atoms with Gasteiger partial charge in [-0.05, 0) is 36.8 Å². The number of likely N-dealkylation sites (N-methyl/N-ethyl adjacent to an activating group) is 1. The van der Waals surface area contributed by atoms with Crippen molar-refractivity contribution >= 4 is 21.9 Å². The first-order valence-electron chi connectivity index (χ1n) is 8.95. The van der Waals surface area contributed by atoms with Crippen LogP contribution in [0.15, 0.2) is 53.7 Å². The van der Waals surface area contributed by atoms with E-state index in [9.17, 15) is 18.0 Å². The molecule has 28 heavy (non-hydrogen) atoms. The highest BCUT2D eigenvalue weighted by Crippen LogP contribution is 2.14. The number of amides is 1. The van der Waals surface area contributed by atoms with Crippen LogP contribution in [0.25, 0.3) is 0 Å². The number of sulfonamides is 1. The lowest BCUT2D eigenvalue weighted by Gasteiger charge is -2.20. The third kappa shape index (κ3) is 5.61. The van der Waals surface area contributed by atoms with Gasteiger partial charge in [0, 0.05) is 25.8 Å². The number of ether oxygens (including phenoxy) is 1. The van der Waals surface area contributed by atoms with Gasteiger partial charge in [0.25, 0.3) is 0 Å². The molecule has 0 unspecified atom stereocenters. The molecule has 1 heterocycles. The molecule has 0 saturated heterocycles. The van der Waals surface area contributed by atoms with E-state index in [-0.39, 0.29) is 17.5 Å². The summed E-state index contributed by atoms with van der Waals surface area (Å²) in [6.07, 6.45) is 1.54. The van der Waals surface area contributed by atoms with Gasteiger partial charge in [-0.25, -0.2) is 13.2 Å². The zero-order valence-corrected chi connectivity index (χ0v) is 16.7. The van der Waals surface area contributed by atoms with Crippen LogP contribution in [0.3, 0.4) is 0 Å². The number of rotatable bonds is 8. The van der Waals surface area contributed by atoms with Crippen LogP contribution >= 0.6 is 0 Å². The number of esters is 1. The van der Waals surface area contributed by atoms with Crippen molar-refractivity contribution in [1.29, 1.82) is 0 Å². The first-order valence-corrected chi connectivity index (χ1v) is 9.89. The van der Waals surface area contributed by atoms with Crippen LogP contribution in [0.4, 0.5) is 0 Å². The number of methoxy groups -OCH3 is 1. The molecule has 0 aliphatic rings. The van der Waals surface area contributed by atoms with Gasteiger partial charge in [-0.3, -0.25) is 9.78 Å². The van der Waals surface area contributed by atoms with Gasteiger partial charge in [0.2, 0.25) is 15.9 Å². The molecule has 0 saturated carbocycles. The zero-order chi connectivity index (χ0) is 21.6. The van der Waals surface area contributed by atoms with E-state index in [1.165, 1.54) is 38.6 Å². The van der Waals surface area contributed by atoms with Crippen LogP contribution in [0.1, 0.15) is 12.5 Å². The molecule has 1 atom stereocenters. The summed E-state index contributed by atoms with van der Waals surface area (Å²) < 4.78 is 38.4. The second-order valence-corrected chi connectivity index (χ2v) is 8.26. The standard InChI is InChI=1S/C19H23N3O5S/c1-14-4-6-16(7-5-14)28(25,26)22(2)13-18(23)21-17(19(24)27-3)12-15-8-10-20-11-9-15/h4-11,17H,12-13H2,1-3H3,(H,21,23)/t17-/m0/s1/i10D. The molecule has 1 aromatic carbocycles. The Balaban J connectivity index is 2.08. The number of aromatic nitrogens is 1. The monoisotopic (exact) mass is 406 g/mol. The summed E-state index contributed by atoms with van der Waals surface area (Å²) in [5, 5.41) is 2.50.